The van der Waals surface area contributed by atoms with Crippen molar-refractivity contribution in [2.24, 2.45) is 5.92 Å². The highest BCUT2D eigenvalue weighted by atomic mass is 19.1. The Hall–Kier alpha value is -1.97. The Morgan fingerprint density at radius 1 is 1.24 bits per heavy atom. The Labute approximate surface area is 123 Å². The summed E-state index contributed by atoms with van der Waals surface area (Å²) in [5.74, 6) is 0.0216. The predicted octanol–water partition coefficient (Wildman–Crippen LogP) is 3.82. The van der Waals surface area contributed by atoms with Gasteiger partial charge in [0.25, 0.3) is 0 Å². The number of hydrogen-bond acceptors (Lipinski definition) is 3. The van der Waals surface area contributed by atoms with E-state index >= 15 is 0 Å². The Kier molecular flexibility index (Phi) is 3.86. The number of carbonyl (C=O) groups is 1. The molecule has 0 N–H and O–H groups in total. The van der Waals surface area contributed by atoms with Gasteiger partial charge in [0.2, 0.25) is 0 Å². The number of methoxy groups -OCH3 is 1. The highest BCUT2D eigenvalue weighted by Crippen LogP contribution is 2.38. The molecule has 1 aliphatic rings. The topological polar surface area (TPSA) is 39.2 Å². The van der Waals surface area contributed by atoms with Gasteiger partial charge in [0.05, 0.1) is 18.5 Å². The molecule has 21 heavy (non-hydrogen) atoms. The molecule has 0 bridgehead atoms. The second kappa shape index (κ2) is 5.80. The van der Waals surface area contributed by atoms with E-state index in [0.29, 0.717) is 5.92 Å². The summed E-state index contributed by atoms with van der Waals surface area (Å²) in [6, 6.07) is 6.69. The fraction of sp³-hybridized carbons (Fsp3) is 0.412. The van der Waals surface area contributed by atoms with Crippen molar-refractivity contribution in [1.82, 2.24) is 4.98 Å². The average Bonchev–Trinajstić information content (AvgIpc) is 2.53. The average molecular weight is 287 g/mol. The number of aromatic nitrogens is 1. The second-order valence-electron chi connectivity index (χ2n) is 5.63. The first kappa shape index (κ1) is 14.0. The summed E-state index contributed by atoms with van der Waals surface area (Å²) in [5.41, 5.74) is 1.96. The number of halogens is 1. The minimum absolute atomic E-state index is 0.0103. The Balaban J connectivity index is 1.85. The molecule has 1 aliphatic carbocycles. The third-order valence-corrected chi connectivity index (χ3v) is 4.44. The van der Waals surface area contributed by atoms with Crippen LogP contribution >= 0.6 is 0 Å². The van der Waals surface area contributed by atoms with Crippen molar-refractivity contribution >= 4 is 16.9 Å². The van der Waals surface area contributed by atoms with Gasteiger partial charge >= 0.3 is 5.97 Å². The van der Waals surface area contributed by atoms with Crippen LogP contribution in [0.3, 0.4) is 0 Å². The largest absolute Gasteiger partial charge is 0.469 e. The molecule has 0 radical (unpaired) electrons. The van der Waals surface area contributed by atoms with Crippen molar-refractivity contribution in [2.75, 3.05) is 7.11 Å². The number of carbonyl (C=O) groups excluding carboxylic acids is 1. The van der Waals surface area contributed by atoms with Crippen molar-refractivity contribution in [2.45, 2.75) is 31.6 Å². The molecule has 4 heteroatoms. The number of esters is 1. The Morgan fingerprint density at radius 3 is 2.71 bits per heavy atom. The minimum Gasteiger partial charge on any atom is -0.469 e. The summed E-state index contributed by atoms with van der Waals surface area (Å²) in [5, 5.41) is 0.888. The van der Waals surface area contributed by atoms with E-state index in [2.05, 4.69) is 4.98 Å². The van der Waals surface area contributed by atoms with Gasteiger partial charge in [0, 0.05) is 11.6 Å². The van der Waals surface area contributed by atoms with Crippen molar-refractivity contribution in [1.29, 1.82) is 0 Å². The lowest BCUT2D eigenvalue weighted by Crippen LogP contribution is -2.22. The normalized spacial score (nSPS) is 22.2. The molecule has 0 unspecified atom stereocenters. The molecule has 0 aliphatic heterocycles. The van der Waals surface area contributed by atoms with Crippen molar-refractivity contribution < 1.29 is 13.9 Å². The number of nitrogens with zero attached hydrogens (tertiary/aromatic N) is 1. The standard InChI is InChI=1S/C17H18FNO2/c1-21-17(20)12-4-2-11(3-5-12)14-8-9-19-16-7-6-13(18)10-15(14)16/h6-12H,2-5H2,1H3. The van der Waals surface area contributed by atoms with Gasteiger partial charge in [-0.25, -0.2) is 4.39 Å². The van der Waals surface area contributed by atoms with Crippen molar-refractivity contribution in [3.63, 3.8) is 0 Å². The van der Waals surface area contributed by atoms with E-state index in [1.54, 1.807) is 18.3 Å². The molecule has 110 valence electrons. The number of rotatable bonds is 2. The van der Waals surface area contributed by atoms with Crippen LogP contribution in [0.2, 0.25) is 0 Å². The zero-order chi connectivity index (χ0) is 14.8. The molecule has 1 saturated carbocycles. The van der Waals surface area contributed by atoms with Crippen LogP contribution in [0, 0.1) is 11.7 Å². The van der Waals surface area contributed by atoms with Crippen LogP contribution in [0.1, 0.15) is 37.2 Å². The van der Waals surface area contributed by atoms with Crippen LogP contribution in [0.25, 0.3) is 10.9 Å². The molecule has 1 aromatic carbocycles. The van der Waals surface area contributed by atoms with Gasteiger partial charge in [-0.3, -0.25) is 9.78 Å². The van der Waals surface area contributed by atoms with E-state index in [1.165, 1.54) is 13.2 Å². The van der Waals surface area contributed by atoms with Crippen LogP contribution < -0.4 is 0 Å². The maximum Gasteiger partial charge on any atom is 0.308 e. The van der Waals surface area contributed by atoms with Crippen molar-refractivity contribution in [3.05, 3.63) is 41.8 Å². The van der Waals surface area contributed by atoms with Crippen LogP contribution in [0.4, 0.5) is 4.39 Å². The number of fused-ring (bicyclic) bond motifs is 1. The molecule has 1 aromatic heterocycles. The van der Waals surface area contributed by atoms with Gasteiger partial charge in [-0.2, -0.15) is 0 Å². The van der Waals surface area contributed by atoms with E-state index in [-0.39, 0.29) is 17.7 Å². The zero-order valence-electron chi connectivity index (χ0n) is 12.0. The monoisotopic (exact) mass is 287 g/mol. The first-order chi connectivity index (χ1) is 10.2. The molecule has 3 nitrogen and oxygen atoms in total. The van der Waals surface area contributed by atoms with Gasteiger partial charge in [-0.15, -0.1) is 0 Å². The SMILES string of the molecule is COC(=O)C1CCC(c2ccnc3ccc(F)cc23)CC1. The maximum absolute atomic E-state index is 13.5. The summed E-state index contributed by atoms with van der Waals surface area (Å²) in [7, 11) is 1.44. The highest BCUT2D eigenvalue weighted by Gasteiger charge is 2.28. The number of pyridine rings is 1. The summed E-state index contributed by atoms with van der Waals surface area (Å²) in [6.07, 6.45) is 5.29. The highest BCUT2D eigenvalue weighted by molar-refractivity contribution is 5.82. The van der Waals surface area contributed by atoms with E-state index in [9.17, 15) is 9.18 Å². The predicted molar refractivity (Wildman–Crippen MR) is 78.4 cm³/mol. The van der Waals surface area contributed by atoms with Gasteiger partial charge in [0.15, 0.2) is 0 Å². The molecule has 3 rings (SSSR count). The van der Waals surface area contributed by atoms with Crippen molar-refractivity contribution in [3.8, 4) is 0 Å². The fourth-order valence-corrected chi connectivity index (χ4v) is 3.30. The summed E-state index contributed by atoms with van der Waals surface area (Å²) < 4.78 is 18.3. The molecule has 1 fully saturated rings. The molecule has 0 amide bonds. The summed E-state index contributed by atoms with van der Waals surface area (Å²) in [4.78, 5) is 15.9. The molecule has 2 aromatic rings. The molecule has 1 heterocycles. The summed E-state index contributed by atoms with van der Waals surface area (Å²) >= 11 is 0. The smallest absolute Gasteiger partial charge is 0.308 e. The quantitative estimate of drug-likeness (QED) is 0.788. The number of hydrogen-bond donors (Lipinski definition) is 0. The third kappa shape index (κ3) is 2.75. The van der Waals surface area contributed by atoms with E-state index < -0.39 is 0 Å². The van der Waals surface area contributed by atoms with Crippen LogP contribution in [0.15, 0.2) is 30.5 Å². The number of benzene rings is 1. The Morgan fingerprint density at radius 2 is 2.00 bits per heavy atom. The molecule has 0 spiro atoms. The lowest BCUT2D eigenvalue weighted by atomic mass is 9.78. The molecular formula is C17H18FNO2. The lowest BCUT2D eigenvalue weighted by molar-refractivity contribution is -0.146. The van der Waals surface area contributed by atoms with Crippen LogP contribution in [0.5, 0.6) is 0 Å². The number of ether oxygens (including phenoxy) is 1. The molecule has 0 saturated heterocycles. The van der Waals surface area contributed by atoms with E-state index in [4.69, 9.17) is 4.74 Å². The molecule has 0 atom stereocenters. The third-order valence-electron chi connectivity index (χ3n) is 4.44. The van der Waals surface area contributed by atoms with Gasteiger partial charge in [-0.1, -0.05) is 0 Å². The van der Waals surface area contributed by atoms with Gasteiger partial charge in [-0.05, 0) is 61.4 Å². The lowest BCUT2D eigenvalue weighted by Gasteiger charge is -2.27. The Bertz CT molecular complexity index is 663. The van der Waals surface area contributed by atoms with Crippen LogP contribution in [-0.4, -0.2) is 18.1 Å². The first-order valence-corrected chi connectivity index (χ1v) is 7.31. The summed E-state index contributed by atoms with van der Waals surface area (Å²) in [6.45, 7) is 0. The minimum atomic E-state index is -0.236. The van der Waals surface area contributed by atoms with Gasteiger partial charge in [0.1, 0.15) is 5.82 Å². The maximum atomic E-state index is 13.5. The fourth-order valence-electron chi connectivity index (χ4n) is 3.30. The second-order valence-corrected chi connectivity index (χ2v) is 5.63. The van der Waals surface area contributed by atoms with Crippen LogP contribution in [-0.2, 0) is 9.53 Å². The van der Waals surface area contributed by atoms with Gasteiger partial charge < -0.3 is 4.74 Å². The first-order valence-electron chi connectivity index (χ1n) is 7.31. The van der Waals surface area contributed by atoms with E-state index in [1.807, 2.05) is 6.07 Å². The zero-order valence-corrected chi connectivity index (χ0v) is 12.0. The van der Waals surface area contributed by atoms with E-state index in [0.717, 1.165) is 42.1 Å². The molecular weight excluding hydrogens is 269 g/mol.